The Morgan fingerprint density at radius 1 is 1.19 bits per heavy atom. The summed E-state index contributed by atoms with van der Waals surface area (Å²) in [4.78, 5) is 2.14. The van der Waals surface area contributed by atoms with Crippen LogP contribution < -0.4 is 4.90 Å². The summed E-state index contributed by atoms with van der Waals surface area (Å²) in [5.41, 5.74) is 4.73. The molecule has 0 radical (unpaired) electrons. The Bertz CT molecular complexity index is 1070. The lowest BCUT2D eigenvalue weighted by atomic mass is 10.0. The van der Waals surface area contributed by atoms with Gasteiger partial charge < -0.3 is 9.45 Å². The van der Waals surface area contributed by atoms with Gasteiger partial charge in [-0.05, 0) is 41.7 Å². The number of benzene rings is 2. The van der Waals surface area contributed by atoms with Crippen molar-refractivity contribution >= 4 is 27.7 Å². The van der Waals surface area contributed by atoms with Gasteiger partial charge in [-0.3, -0.25) is 0 Å². The minimum absolute atomic E-state index is 0.122. The molecule has 0 spiro atoms. The number of anilines is 1. The Labute approximate surface area is 159 Å². The van der Waals surface area contributed by atoms with Gasteiger partial charge in [-0.2, -0.15) is 5.26 Å². The van der Waals surface area contributed by atoms with Crippen molar-refractivity contribution in [3.05, 3.63) is 53.7 Å². The molecule has 1 saturated carbocycles. The number of nitriles is 1. The van der Waals surface area contributed by atoms with E-state index in [4.69, 9.17) is 4.55 Å². The zero-order valence-corrected chi connectivity index (χ0v) is 15.6. The van der Waals surface area contributed by atoms with Crippen LogP contribution in [0.4, 0.5) is 5.69 Å². The van der Waals surface area contributed by atoms with Gasteiger partial charge in [-0.25, -0.2) is 4.21 Å². The standard InChI is InChI=1S/C20H18N4O2S/c1-24(16-7-8-16)20-17-9-6-15(10-18(17)22-23-19(20)11-21)14-4-2-13(3-5-14)12-27(25)26/h2-6,9-10,16H,7-8,12H2,1H3,(H,25,26). The van der Waals surface area contributed by atoms with E-state index in [2.05, 4.69) is 21.2 Å². The van der Waals surface area contributed by atoms with Crippen molar-refractivity contribution in [2.24, 2.45) is 0 Å². The fourth-order valence-electron chi connectivity index (χ4n) is 3.29. The van der Waals surface area contributed by atoms with Gasteiger partial charge in [0.2, 0.25) is 0 Å². The molecule has 1 aliphatic carbocycles. The summed E-state index contributed by atoms with van der Waals surface area (Å²) in [6, 6.07) is 16.1. The Morgan fingerprint density at radius 3 is 2.52 bits per heavy atom. The van der Waals surface area contributed by atoms with Crippen molar-refractivity contribution in [2.45, 2.75) is 24.6 Å². The summed E-state index contributed by atoms with van der Waals surface area (Å²) in [6.07, 6.45) is 2.27. The zero-order chi connectivity index (χ0) is 19.0. The van der Waals surface area contributed by atoms with Gasteiger partial charge in [0, 0.05) is 18.5 Å². The summed E-state index contributed by atoms with van der Waals surface area (Å²) in [5.74, 6) is 0.122. The maximum absolute atomic E-state index is 10.9. The highest BCUT2D eigenvalue weighted by atomic mass is 32.2. The molecule has 1 aromatic heterocycles. The lowest BCUT2D eigenvalue weighted by Gasteiger charge is -2.21. The van der Waals surface area contributed by atoms with Crippen LogP contribution in [0, 0.1) is 11.3 Å². The maximum atomic E-state index is 10.9. The van der Waals surface area contributed by atoms with Crippen LogP contribution in [0.5, 0.6) is 0 Å². The summed E-state index contributed by atoms with van der Waals surface area (Å²) >= 11 is -1.84. The van der Waals surface area contributed by atoms with Crippen LogP contribution in [-0.2, 0) is 16.8 Å². The molecule has 136 valence electrons. The first kappa shape index (κ1) is 17.6. The topological polar surface area (TPSA) is 90.1 Å². The van der Waals surface area contributed by atoms with Gasteiger partial charge in [-0.1, -0.05) is 30.3 Å². The van der Waals surface area contributed by atoms with Crippen molar-refractivity contribution in [3.63, 3.8) is 0 Å². The fraction of sp³-hybridized carbons (Fsp3) is 0.250. The predicted molar refractivity (Wildman–Crippen MR) is 106 cm³/mol. The van der Waals surface area contributed by atoms with E-state index in [1.807, 2.05) is 49.5 Å². The molecule has 1 N–H and O–H groups in total. The zero-order valence-electron chi connectivity index (χ0n) is 14.8. The third-order valence-corrected chi connectivity index (χ3v) is 5.45. The molecule has 3 aromatic rings. The number of nitrogens with zero attached hydrogens (tertiary/aromatic N) is 4. The van der Waals surface area contributed by atoms with Crippen LogP contribution in [-0.4, -0.2) is 32.0 Å². The molecular weight excluding hydrogens is 360 g/mol. The molecule has 1 unspecified atom stereocenters. The quantitative estimate of drug-likeness (QED) is 0.684. The Morgan fingerprint density at radius 2 is 1.89 bits per heavy atom. The second-order valence-corrected chi connectivity index (χ2v) is 7.68. The van der Waals surface area contributed by atoms with E-state index in [-0.39, 0.29) is 5.75 Å². The van der Waals surface area contributed by atoms with Crippen molar-refractivity contribution < 1.29 is 8.76 Å². The molecular formula is C20H18N4O2S. The molecule has 2 aromatic carbocycles. The molecule has 1 aliphatic rings. The molecule has 0 bridgehead atoms. The first-order valence-electron chi connectivity index (χ1n) is 8.67. The van der Waals surface area contributed by atoms with E-state index in [9.17, 15) is 9.47 Å². The van der Waals surface area contributed by atoms with Crippen molar-refractivity contribution in [1.82, 2.24) is 10.2 Å². The van der Waals surface area contributed by atoms with Crippen LogP contribution >= 0.6 is 0 Å². The second kappa shape index (κ2) is 7.06. The Kier molecular flexibility index (Phi) is 4.60. The van der Waals surface area contributed by atoms with Gasteiger partial charge in [0.15, 0.2) is 16.8 Å². The molecule has 1 heterocycles. The normalized spacial score (nSPS) is 14.7. The van der Waals surface area contributed by atoms with Crippen LogP contribution in [0.15, 0.2) is 42.5 Å². The SMILES string of the molecule is CN(c1c(C#N)nnc2cc(-c3ccc(CS(=O)O)cc3)ccc12)C1CC1. The predicted octanol–water partition coefficient (Wildman–Crippen LogP) is 3.49. The molecule has 7 heteroatoms. The molecule has 0 saturated heterocycles. The third-order valence-electron chi connectivity index (χ3n) is 4.87. The fourth-order valence-corrected chi connectivity index (χ4v) is 3.76. The van der Waals surface area contributed by atoms with Crippen LogP contribution in [0.1, 0.15) is 24.1 Å². The third kappa shape index (κ3) is 3.54. The first-order chi connectivity index (χ1) is 13.1. The van der Waals surface area contributed by atoms with E-state index in [1.165, 1.54) is 0 Å². The minimum atomic E-state index is -1.84. The highest BCUT2D eigenvalue weighted by Gasteiger charge is 2.29. The van der Waals surface area contributed by atoms with Gasteiger partial charge in [0.25, 0.3) is 0 Å². The number of hydrogen-bond acceptors (Lipinski definition) is 5. The second-order valence-electron chi connectivity index (χ2n) is 6.75. The monoisotopic (exact) mass is 378 g/mol. The summed E-state index contributed by atoms with van der Waals surface area (Å²) in [7, 11) is 2.01. The number of hydrogen-bond donors (Lipinski definition) is 1. The molecule has 4 rings (SSSR count). The smallest absolute Gasteiger partial charge is 0.186 e. The van der Waals surface area contributed by atoms with E-state index < -0.39 is 11.1 Å². The van der Waals surface area contributed by atoms with Crippen molar-refractivity contribution in [3.8, 4) is 17.2 Å². The van der Waals surface area contributed by atoms with Gasteiger partial charge >= 0.3 is 0 Å². The van der Waals surface area contributed by atoms with Crippen LogP contribution in [0.2, 0.25) is 0 Å². The summed E-state index contributed by atoms with van der Waals surface area (Å²) in [5, 5.41) is 18.7. The van der Waals surface area contributed by atoms with Gasteiger partial charge in [-0.15, -0.1) is 10.2 Å². The largest absolute Gasteiger partial charge is 0.369 e. The van der Waals surface area contributed by atoms with Crippen LogP contribution in [0.25, 0.3) is 22.0 Å². The number of rotatable bonds is 5. The summed E-state index contributed by atoms with van der Waals surface area (Å²) < 4.78 is 19.9. The maximum Gasteiger partial charge on any atom is 0.186 e. The molecule has 0 aliphatic heterocycles. The van der Waals surface area contributed by atoms with Gasteiger partial charge in [0.1, 0.15) is 6.07 Å². The average molecular weight is 378 g/mol. The van der Waals surface area contributed by atoms with E-state index in [0.717, 1.165) is 46.1 Å². The molecule has 27 heavy (non-hydrogen) atoms. The molecule has 1 atom stereocenters. The van der Waals surface area contributed by atoms with E-state index in [1.54, 1.807) is 0 Å². The number of fused-ring (bicyclic) bond motifs is 1. The minimum Gasteiger partial charge on any atom is -0.369 e. The average Bonchev–Trinajstić information content (AvgIpc) is 3.51. The molecule has 1 fully saturated rings. The lowest BCUT2D eigenvalue weighted by Crippen LogP contribution is -2.21. The Hall–Kier alpha value is -2.82. The van der Waals surface area contributed by atoms with Crippen molar-refractivity contribution in [1.29, 1.82) is 5.26 Å². The summed E-state index contributed by atoms with van der Waals surface area (Å²) in [6.45, 7) is 0. The van der Waals surface area contributed by atoms with Crippen molar-refractivity contribution in [2.75, 3.05) is 11.9 Å². The molecule has 0 amide bonds. The molecule has 6 nitrogen and oxygen atoms in total. The van der Waals surface area contributed by atoms with E-state index >= 15 is 0 Å². The first-order valence-corrected chi connectivity index (χ1v) is 9.94. The Balaban J connectivity index is 1.74. The highest BCUT2D eigenvalue weighted by Crippen LogP contribution is 2.36. The van der Waals surface area contributed by atoms with Gasteiger partial charge in [0.05, 0.1) is 17.0 Å². The van der Waals surface area contributed by atoms with Crippen LogP contribution in [0.3, 0.4) is 0 Å². The lowest BCUT2D eigenvalue weighted by molar-refractivity contribution is 0.563. The highest BCUT2D eigenvalue weighted by molar-refractivity contribution is 7.78. The van der Waals surface area contributed by atoms with E-state index in [0.29, 0.717) is 11.7 Å². The number of aromatic nitrogens is 2.